The van der Waals surface area contributed by atoms with Crippen LogP contribution in [0.5, 0.6) is 0 Å². The van der Waals surface area contributed by atoms with Crippen LogP contribution in [0.2, 0.25) is 0 Å². The molecule has 0 bridgehead atoms. The fourth-order valence-corrected chi connectivity index (χ4v) is 2.13. The number of carbonyl (C=O) groups is 2. The predicted octanol–water partition coefficient (Wildman–Crippen LogP) is 2.97. The van der Waals surface area contributed by atoms with Crippen LogP contribution < -0.4 is 10.6 Å². The van der Waals surface area contributed by atoms with Crippen LogP contribution in [0.15, 0.2) is 24.3 Å². The maximum Gasteiger partial charge on any atom is 0.306 e. The summed E-state index contributed by atoms with van der Waals surface area (Å²) in [5.41, 5.74) is 1.99. The van der Waals surface area contributed by atoms with Crippen molar-refractivity contribution in [2.24, 2.45) is 0 Å². The zero-order valence-corrected chi connectivity index (χ0v) is 14.0. The van der Waals surface area contributed by atoms with Crippen LogP contribution in [-0.2, 0) is 14.3 Å². The third-order valence-corrected chi connectivity index (χ3v) is 3.15. The first kappa shape index (κ1) is 18.1. The highest BCUT2D eigenvalue weighted by Crippen LogP contribution is 2.23. The first-order valence-corrected chi connectivity index (χ1v) is 7.70. The number of esters is 1. The lowest BCUT2D eigenvalue weighted by molar-refractivity contribution is -0.144. The van der Waals surface area contributed by atoms with Crippen molar-refractivity contribution in [2.75, 3.05) is 11.9 Å². The number of para-hydroxylation sites is 1. The third-order valence-electron chi connectivity index (χ3n) is 2.95. The van der Waals surface area contributed by atoms with Gasteiger partial charge >= 0.3 is 5.97 Å². The molecule has 0 heterocycles. The van der Waals surface area contributed by atoms with Crippen molar-refractivity contribution in [2.45, 2.75) is 39.5 Å². The molecule has 0 fully saturated rings. The third kappa shape index (κ3) is 6.22. The highest BCUT2D eigenvalue weighted by Gasteiger charge is 2.11. The normalized spacial score (nSPS) is 10.2. The molecule has 22 heavy (non-hydrogen) atoms. The van der Waals surface area contributed by atoms with Gasteiger partial charge < -0.3 is 15.4 Å². The number of hydrogen-bond acceptors (Lipinski definition) is 4. The summed E-state index contributed by atoms with van der Waals surface area (Å²) in [5, 5.41) is 5.81. The summed E-state index contributed by atoms with van der Waals surface area (Å²) in [6.07, 6.45) is 0.0946. The van der Waals surface area contributed by atoms with E-state index >= 15 is 0 Å². The number of hydrogen-bond donors (Lipinski definition) is 2. The Kier molecular flexibility index (Phi) is 7.52. The summed E-state index contributed by atoms with van der Waals surface area (Å²) in [6, 6.07) is 7.78. The van der Waals surface area contributed by atoms with Gasteiger partial charge in [-0.3, -0.25) is 9.59 Å². The van der Waals surface area contributed by atoms with Gasteiger partial charge in [-0.15, -0.1) is 0 Å². The van der Waals surface area contributed by atoms with Crippen molar-refractivity contribution in [3.8, 4) is 0 Å². The molecule has 0 aliphatic carbocycles. The molecule has 0 aliphatic heterocycles. The Morgan fingerprint density at radius 2 is 1.91 bits per heavy atom. The van der Waals surface area contributed by atoms with Crippen molar-refractivity contribution in [1.29, 1.82) is 0 Å². The van der Waals surface area contributed by atoms with E-state index in [1.807, 2.05) is 24.3 Å². The Balaban J connectivity index is 2.50. The highest BCUT2D eigenvalue weighted by molar-refractivity contribution is 7.80. The molecule has 1 aromatic carbocycles. The summed E-state index contributed by atoms with van der Waals surface area (Å²) in [7, 11) is 0. The average molecular weight is 322 g/mol. The van der Waals surface area contributed by atoms with Crippen LogP contribution in [0.4, 0.5) is 5.69 Å². The summed E-state index contributed by atoms with van der Waals surface area (Å²) in [6.45, 7) is 6.21. The Morgan fingerprint density at radius 3 is 2.55 bits per heavy atom. The van der Waals surface area contributed by atoms with Gasteiger partial charge in [-0.25, -0.2) is 0 Å². The number of carbonyl (C=O) groups excluding carboxylic acids is 2. The fourth-order valence-electron chi connectivity index (χ4n) is 1.91. The second-order valence-electron chi connectivity index (χ2n) is 5.05. The van der Waals surface area contributed by atoms with E-state index < -0.39 is 0 Å². The largest absolute Gasteiger partial charge is 0.466 e. The topological polar surface area (TPSA) is 67.4 Å². The molecule has 0 radical (unpaired) electrons. The molecule has 1 rings (SSSR count). The van der Waals surface area contributed by atoms with Crippen molar-refractivity contribution in [1.82, 2.24) is 5.32 Å². The van der Waals surface area contributed by atoms with E-state index in [-0.39, 0.29) is 29.8 Å². The number of ether oxygens (including phenoxy) is 1. The Bertz CT molecular complexity index is 544. The second-order valence-corrected chi connectivity index (χ2v) is 5.46. The van der Waals surface area contributed by atoms with Gasteiger partial charge in [0.25, 0.3) is 0 Å². The van der Waals surface area contributed by atoms with Gasteiger partial charge in [-0.05, 0) is 36.7 Å². The molecule has 0 unspecified atom stereocenters. The number of nitrogens with one attached hydrogen (secondary N) is 2. The minimum atomic E-state index is -0.387. The van der Waals surface area contributed by atoms with E-state index in [4.69, 9.17) is 17.0 Å². The lowest BCUT2D eigenvalue weighted by Gasteiger charge is -2.15. The van der Waals surface area contributed by atoms with E-state index in [1.165, 1.54) is 0 Å². The summed E-state index contributed by atoms with van der Waals surface area (Å²) in [5.74, 6) is -0.361. The van der Waals surface area contributed by atoms with Gasteiger partial charge in [0.15, 0.2) is 5.11 Å². The molecule has 0 spiro atoms. The van der Waals surface area contributed by atoms with Crippen molar-refractivity contribution in [3.63, 3.8) is 0 Å². The molecule has 1 amide bonds. The first-order valence-electron chi connectivity index (χ1n) is 7.29. The lowest BCUT2D eigenvalue weighted by Crippen LogP contribution is -2.34. The van der Waals surface area contributed by atoms with E-state index in [1.54, 1.807) is 6.92 Å². The standard InChI is InChI=1S/C16H22N2O3S/c1-4-21-15(20)10-9-14(19)18-16(22)17-13-8-6-5-7-12(13)11(2)3/h5-8,11H,4,9-10H2,1-3H3,(H2,17,18,19,22). The quantitative estimate of drug-likeness (QED) is 0.622. The van der Waals surface area contributed by atoms with Crippen molar-refractivity contribution >= 4 is 34.9 Å². The second kappa shape index (κ2) is 9.15. The number of anilines is 1. The van der Waals surface area contributed by atoms with Crippen LogP contribution in [0, 0.1) is 0 Å². The molecule has 0 atom stereocenters. The number of thiocarbonyl (C=S) groups is 1. The van der Waals surface area contributed by atoms with Gasteiger partial charge in [0, 0.05) is 12.1 Å². The lowest BCUT2D eigenvalue weighted by atomic mass is 10.0. The molecule has 0 saturated heterocycles. The molecule has 6 heteroatoms. The summed E-state index contributed by atoms with van der Waals surface area (Å²) in [4.78, 5) is 22.9. The smallest absolute Gasteiger partial charge is 0.306 e. The van der Waals surface area contributed by atoms with Gasteiger partial charge in [-0.2, -0.15) is 0 Å². The van der Waals surface area contributed by atoms with E-state index in [2.05, 4.69) is 24.5 Å². The SMILES string of the molecule is CCOC(=O)CCC(=O)NC(=S)Nc1ccccc1C(C)C. The molecule has 1 aromatic rings. The molecule has 120 valence electrons. The highest BCUT2D eigenvalue weighted by atomic mass is 32.1. The molecule has 0 aromatic heterocycles. The van der Waals surface area contributed by atoms with Gasteiger partial charge in [0.1, 0.15) is 0 Å². The van der Waals surface area contributed by atoms with Crippen molar-refractivity contribution < 1.29 is 14.3 Å². The maximum absolute atomic E-state index is 11.7. The van der Waals surface area contributed by atoms with Crippen LogP contribution in [0.1, 0.15) is 45.1 Å². The van der Waals surface area contributed by atoms with Gasteiger partial charge in [0.05, 0.1) is 13.0 Å². The summed E-state index contributed by atoms with van der Waals surface area (Å²) < 4.78 is 4.77. The minimum Gasteiger partial charge on any atom is -0.466 e. The molecule has 2 N–H and O–H groups in total. The Hall–Kier alpha value is -1.95. The van der Waals surface area contributed by atoms with Gasteiger partial charge in [0.2, 0.25) is 5.91 Å². The number of amides is 1. The molecule has 0 saturated carbocycles. The summed E-state index contributed by atoms with van der Waals surface area (Å²) >= 11 is 5.13. The monoisotopic (exact) mass is 322 g/mol. The first-order chi connectivity index (χ1) is 10.4. The minimum absolute atomic E-state index is 0.0465. The zero-order valence-electron chi connectivity index (χ0n) is 13.1. The number of rotatable bonds is 6. The Labute approximate surface area is 136 Å². The molecular formula is C16H22N2O3S. The van der Waals surface area contributed by atoms with Gasteiger partial charge in [-0.1, -0.05) is 32.0 Å². The van der Waals surface area contributed by atoms with E-state index in [0.717, 1.165) is 11.3 Å². The Morgan fingerprint density at radius 1 is 1.23 bits per heavy atom. The predicted molar refractivity (Wildman–Crippen MR) is 90.8 cm³/mol. The van der Waals surface area contributed by atoms with Crippen LogP contribution in [0.25, 0.3) is 0 Å². The molecular weight excluding hydrogens is 300 g/mol. The average Bonchev–Trinajstić information content (AvgIpc) is 2.45. The van der Waals surface area contributed by atoms with Crippen LogP contribution in [-0.4, -0.2) is 23.6 Å². The van der Waals surface area contributed by atoms with Crippen LogP contribution >= 0.6 is 12.2 Å². The van der Waals surface area contributed by atoms with E-state index in [0.29, 0.717) is 12.5 Å². The van der Waals surface area contributed by atoms with E-state index in [9.17, 15) is 9.59 Å². The maximum atomic E-state index is 11.7. The molecule has 0 aliphatic rings. The van der Waals surface area contributed by atoms with Crippen LogP contribution in [0.3, 0.4) is 0 Å². The molecule has 5 nitrogen and oxygen atoms in total. The zero-order chi connectivity index (χ0) is 16.5. The fraction of sp³-hybridized carbons (Fsp3) is 0.438. The number of benzene rings is 1. The van der Waals surface area contributed by atoms with Crippen molar-refractivity contribution in [3.05, 3.63) is 29.8 Å².